The first-order chi connectivity index (χ1) is 16.2. The number of rotatable bonds is 7. The molecule has 0 unspecified atom stereocenters. The normalized spacial score (nSPS) is 12.9. The Morgan fingerprint density at radius 2 is 1.00 bits per heavy atom. The minimum absolute atomic E-state index is 0.0176. The summed E-state index contributed by atoms with van der Waals surface area (Å²) >= 11 is 0. The summed E-state index contributed by atoms with van der Waals surface area (Å²) in [4.78, 5) is 2.51. The molecular weight excluding hydrogens is 460 g/mol. The second-order valence-corrected chi connectivity index (χ2v) is 13.7. The van der Waals surface area contributed by atoms with Gasteiger partial charge in [0.2, 0.25) is 0 Å². The molecule has 0 aliphatic rings. The van der Waals surface area contributed by atoms with Gasteiger partial charge in [-0.05, 0) is 63.2 Å². The third-order valence-electron chi connectivity index (χ3n) is 5.59. The van der Waals surface area contributed by atoms with E-state index in [-0.39, 0.29) is 11.2 Å². The van der Waals surface area contributed by atoms with Crippen LogP contribution in [-0.2, 0) is 24.9 Å². The summed E-state index contributed by atoms with van der Waals surface area (Å²) in [6.07, 6.45) is 0. The molecule has 0 aliphatic carbocycles. The molecule has 0 spiro atoms. The lowest BCUT2D eigenvalue weighted by Crippen LogP contribution is -2.16. The molecule has 0 bridgehead atoms. The molecule has 0 saturated carbocycles. The lowest BCUT2D eigenvalue weighted by molar-refractivity contribution is 0.507. The zero-order valence-corrected chi connectivity index (χ0v) is 21.4. The molecule has 4 rings (SSSR count). The largest absolute Gasteiger partial charge is 0.281 e. The highest BCUT2D eigenvalue weighted by Crippen LogP contribution is 2.70. The smallest absolute Gasteiger partial charge is 0.206 e. The van der Waals surface area contributed by atoms with Gasteiger partial charge in [-0.2, -0.15) is 8.42 Å². The predicted molar refractivity (Wildman–Crippen MR) is 141 cm³/mol. The van der Waals surface area contributed by atoms with E-state index >= 15 is 0 Å². The van der Waals surface area contributed by atoms with Crippen LogP contribution in [0.1, 0.15) is 31.9 Å². The fourth-order valence-corrected chi connectivity index (χ4v) is 9.25. The Morgan fingerprint density at radius 1 is 0.588 bits per heavy atom. The van der Waals surface area contributed by atoms with Crippen molar-refractivity contribution in [1.29, 1.82) is 0 Å². The molecule has 0 amide bonds. The predicted octanol–water partition coefficient (Wildman–Crippen LogP) is 7.73. The Balaban J connectivity index is 1.92. The Morgan fingerprint density at radius 3 is 1.44 bits per heavy atom. The highest BCUT2D eigenvalue weighted by atomic mass is 32.3. The summed E-state index contributed by atoms with van der Waals surface area (Å²) in [6, 6.07) is 36.8. The minimum atomic E-state index is -3.94. The molecule has 0 fully saturated rings. The van der Waals surface area contributed by atoms with Gasteiger partial charge in [0.25, 0.3) is 10.1 Å². The van der Waals surface area contributed by atoms with E-state index in [9.17, 15) is 8.42 Å². The molecule has 0 aromatic heterocycles. The van der Waals surface area contributed by atoms with E-state index in [4.69, 9.17) is 3.63 Å². The summed E-state index contributed by atoms with van der Waals surface area (Å²) < 4.78 is 33.5. The molecule has 4 aromatic rings. The lowest BCUT2D eigenvalue weighted by atomic mass is 9.87. The maximum Gasteiger partial charge on any atom is 0.281 e. The van der Waals surface area contributed by atoms with Crippen LogP contribution in [0.25, 0.3) is 0 Å². The maximum absolute atomic E-state index is 13.6. The van der Waals surface area contributed by atoms with Gasteiger partial charge in [0, 0.05) is 14.7 Å². The molecule has 0 aliphatic heterocycles. The van der Waals surface area contributed by atoms with Crippen LogP contribution in [0.15, 0.2) is 130 Å². The van der Waals surface area contributed by atoms with Crippen molar-refractivity contribution in [2.75, 3.05) is 0 Å². The number of hydrogen-bond donors (Lipinski definition) is 0. The summed E-state index contributed by atoms with van der Waals surface area (Å²) in [6.45, 7) is 6.49. The van der Waals surface area contributed by atoms with Crippen LogP contribution < -0.4 is 0 Å². The minimum Gasteiger partial charge on any atom is -0.206 e. The monoisotopic (exact) mass is 490 g/mol. The van der Waals surface area contributed by atoms with Gasteiger partial charge >= 0.3 is 0 Å². The van der Waals surface area contributed by atoms with Gasteiger partial charge in [-0.1, -0.05) is 99.6 Å². The van der Waals surface area contributed by atoms with Crippen LogP contribution in [0, 0.1) is 0 Å². The van der Waals surface area contributed by atoms with Gasteiger partial charge in [-0.3, -0.25) is 0 Å². The second kappa shape index (κ2) is 9.79. The highest BCUT2D eigenvalue weighted by Gasteiger charge is 2.37. The molecule has 0 radical (unpaired) electrons. The molecular formula is C29H30O3S2. The Bertz CT molecular complexity index is 1270. The van der Waals surface area contributed by atoms with Crippen molar-refractivity contribution < 1.29 is 12.0 Å². The Kier molecular flexibility index (Phi) is 6.99. The Hall–Kier alpha value is -2.86. The first kappa shape index (κ1) is 24.3. The van der Waals surface area contributed by atoms with E-state index < -0.39 is 20.4 Å². The van der Waals surface area contributed by atoms with Crippen molar-refractivity contribution in [3.8, 4) is 0 Å². The molecule has 0 atom stereocenters. The fraction of sp³-hybridized carbons (Fsp3) is 0.172. The first-order valence-electron chi connectivity index (χ1n) is 11.2. The third kappa shape index (κ3) is 5.27. The van der Waals surface area contributed by atoms with E-state index in [1.807, 2.05) is 91.0 Å². The van der Waals surface area contributed by atoms with Gasteiger partial charge in [-0.15, -0.1) is 0 Å². The number of benzene rings is 4. The summed E-state index contributed by atoms with van der Waals surface area (Å²) in [7, 11) is -6.50. The molecule has 34 heavy (non-hydrogen) atoms. The summed E-state index contributed by atoms with van der Waals surface area (Å²) in [5.74, 6) is -0.192. The zero-order valence-electron chi connectivity index (χ0n) is 19.7. The van der Waals surface area contributed by atoms with Gasteiger partial charge in [0.05, 0.1) is 0 Å². The molecule has 4 aromatic carbocycles. The molecule has 0 N–H and O–H groups in total. The van der Waals surface area contributed by atoms with E-state index in [0.717, 1.165) is 14.7 Å². The van der Waals surface area contributed by atoms with Crippen molar-refractivity contribution in [2.45, 2.75) is 46.6 Å². The van der Waals surface area contributed by atoms with Gasteiger partial charge in [-0.25, -0.2) is 3.63 Å². The first-order valence-corrected chi connectivity index (χ1v) is 14.4. The quantitative estimate of drug-likeness (QED) is 0.266. The zero-order chi connectivity index (χ0) is 24.2. The van der Waals surface area contributed by atoms with Crippen molar-refractivity contribution in [3.05, 3.63) is 126 Å². The SMILES string of the molecule is CC(C)(C)c1ccc(S(OS(=O)(=O)Cc2ccccc2)(c2ccccc2)c2ccccc2)cc1. The highest BCUT2D eigenvalue weighted by molar-refractivity contribution is 8.33. The van der Waals surface area contributed by atoms with Crippen LogP contribution in [0.5, 0.6) is 0 Å². The molecule has 176 valence electrons. The average Bonchev–Trinajstić information content (AvgIpc) is 2.83. The van der Waals surface area contributed by atoms with Gasteiger partial charge in [0.15, 0.2) is 0 Å². The van der Waals surface area contributed by atoms with Crippen LogP contribution in [0.2, 0.25) is 0 Å². The van der Waals surface area contributed by atoms with Crippen molar-refractivity contribution in [3.63, 3.8) is 0 Å². The van der Waals surface area contributed by atoms with E-state index in [0.29, 0.717) is 5.56 Å². The fourth-order valence-electron chi connectivity index (χ4n) is 3.85. The summed E-state index contributed by atoms with van der Waals surface area (Å²) in [5.41, 5.74) is 1.86. The van der Waals surface area contributed by atoms with Crippen molar-refractivity contribution in [1.82, 2.24) is 0 Å². The van der Waals surface area contributed by atoms with Crippen molar-refractivity contribution in [2.24, 2.45) is 0 Å². The van der Waals surface area contributed by atoms with Crippen LogP contribution in [0.3, 0.4) is 0 Å². The van der Waals surface area contributed by atoms with E-state index in [2.05, 4.69) is 32.9 Å². The molecule has 0 saturated heterocycles. The maximum atomic E-state index is 13.6. The standard InChI is InChI=1S/C29H30O3S2/c1-29(2,3)25-19-21-28(22-20-25)34(26-15-9-5-10-16-26,27-17-11-6-12-18-27)32-33(30,31)23-24-13-7-4-8-14-24/h4-22H,23H2,1-3H3. The average molecular weight is 491 g/mol. The lowest BCUT2D eigenvalue weighted by Gasteiger charge is -2.39. The van der Waals surface area contributed by atoms with Gasteiger partial charge in [0.1, 0.15) is 5.75 Å². The van der Waals surface area contributed by atoms with Crippen LogP contribution in [0.4, 0.5) is 0 Å². The number of hydrogen-bond acceptors (Lipinski definition) is 3. The third-order valence-corrected chi connectivity index (χ3v) is 10.7. The van der Waals surface area contributed by atoms with Crippen LogP contribution in [-0.4, -0.2) is 8.42 Å². The Labute approximate surface area is 205 Å². The van der Waals surface area contributed by atoms with Crippen LogP contribution >= 0.6 is 10.3 Å². The summed E-state index contributed by atoms with van der Waals surface area (Å²) in [5, 5.41) is 0. The van der Waals surface area contributed by atoms with E-state index in [1.54, 1.807) is 12.1 Å². The molecule has 3 nitrogen and oxygen atoms in total. The van der Waals surface area contributed by atoms with E-state index in [1.165, 1.54) is 5.56 Å². The second-order valence-electron chi connectivity index (χ2n) is 9.21. The van der Waals surface area contributed by atoms with Crippen molar-refractivity contribution >= 4 is 20.4 Å². The molecule has 5 heteroatoms. The topological polar surface area (TPSA) is 43.4 Å². The van der Waals surface area contributed by atoms with Gasteiger partial charge < -0.3 is 0 Å². The molecule has 0 heterocycles.